The van der Waals surface area contributed by atoms with Crippen LogP contribution in [0.3, 0.4) is 0 Å². The average molecular weight is 319 g/mol. The highest BCUT2D eigenvalue weighted by Gasteiger charge is 2.11. The van der Waals surface area contributed by atoms with Crippen LogP contribution in [0.2, 0.25) is 0 Å². The Morgan fingerprint density at radius 1 is 1.21 bits per heavy atom. The van der Waals surface area contributed by atoms with E-state index in [1.54, 1.807) is 0 Å². The maximum absolute atomic E-state index is 5.61. The van der Waals surface area contributed by atoms with Gasteiger partial charge in [-0.05, 0) is 46.6 Å². The van der Waals surface area contributed by atoms with Gasteiger partial charge in [-0.25, -0.2) is 4.98 Å². The average Bonchev–Trinajstić information content (AvgIpc) is 2.96. The summed E-state index contributed by atoms with van der Waals surface area (Å²) in [6.07, 6.45) is 2.07. The molecule has 0 fully saturated rings. The van der Waals surface area contributed by atoms with E-state index in [1.807, 2.05) is 24.3 Å². The van der Waals surface area contributed by atoms with Crippen LogP contribution in [0.4, 0.5) is 0 Å². The van der Waals surface area contributed by atoms with E-state index < -0.39 is 0 Å². The van der Waals surface area contributed by atoms with Crippen molar-refractivity contribution in [2.45, 2.75) is 26.3 Å². The van der Waals surface area contributed by atoms with Gasteiger partial charge in [0.25, 0.3) is 0 Å². The summed E-state index contributed by atoms with van der Waals surface area (Å²) in [5, 5.41) is 0. The number of para-hydroxylation sites is 2. The normalized spacial score (nSPS) is 11.3. The highest BCUT2D eigenvalue weighted by atomic mass is 79.9. The van der Waals surface area contributed by atoms with Crippen LogP contribution in [-0.2, 0) is 13.0 Å². The van der Waals surface area contributed by atoms with Crippen LogP contribution >= 0.6 is 15.9 Å². The molecule has 19 heavy (non-hydrogen) atoms. The number of benzene rings is 1. The van der Waals surface area contributed by atoms with E-state index in [2.05, 4.69) is 39.6 Å². The zero-order valence-electron chi connectivity index (χ0n) is 10.8. The van der Waals surface area contributed by atoms with Crippen LogP contribution in [0.1, 0.15) is 24.9 Å². The van der Waals surface area contributed by atoms with E-state index in [1.165, 1.54) is 5.52 Å². The van der Waals surface area contributed by atoms with Crippen molar-refractivity contribution in [3.63, 3.8) is 0 Å². The number of fused-ring (bicyclic) bond motifs is 1. The van der Waals surface area contributed by atoms with E-state index in [9.17, 15) is 0 Å². The van der Waals surface area contributed by atoms with E-state index in [0.29, 0.717) is 0 Å². The Kier molecular flexibility index (Phi) is 3.42. The van der Waals surface area contributed by atoms with E-state index in [0.717, 1.165) is 41.2 Å². The number of rotatable bonds is 4. The molecule has 98 valence electrons. The SMILES string of the molecule is CCCc1nc2ccccc2n1Cc1ccc(Br)o1. The topological polar surface area (TPSA) is 31.0 Å². The number of halogens is 1. The number of hydrogen-bond donors (Lipinski definition) is 0. The fourth-order valence-electron chi connectivity index (χ4n) is 2.31. The highest BCUT2D eigenvalue weighted by Crippen LogP contribution is 2.21. The first-order chi connectivity index (χ1) is 9.28. The van der Waals surface area contributed by atoms with Crippen LogP contribution in [-0.4, -0.2) is 9.55 Å². The van der Waals surface area contributed by atoms with Gasteiger partial charge in [0.15, 0.2) is 4.67 Å². The fraction of sp³-hybridized carbons (Fsp3) is 0.267. The van der Waals surface area contributed by atoms with E-state index in [-0.39, 0.29) is 0 Å². The predicted octanol–water partition coefficient (Wildman–Crippen LogP) is 4.39. The molecule has 3 rings (SSSR count). The van der Waals surface area contributed by atoms with Crippen LogP contribution in [0, 0.1) is 0 Å². The van der Waals surface area contributed by atoms with Gasteiger partial charge in [0.05, 0.1) is 17.6 Å². The molecule has 3 nitrogen and oxygen atoms in total. The van der Waals surface area contributed by atoms with Gasteiger partial charge >= 0.3 is 0 Å². The first-order valence-electron chi connectivity index (χ1n) is 6.46. The highest BCUT2D eigenvalue weighted by molar-refractivity contribution is 9.10. The predicted molar refractivity (Wildman–Crippen MR) is 79.2 cm³/mol. The maximum Gasteiger partial charge on any atom is 0.169 e. The molecule has 0 saturated heterocycles. The minimum Gasteiger partial charge on any atom is -0.452 e. The van der Waals surface area contributed by atoms with Gasteiger partial charge in [0.2, 0.25) is 0 Å². The molecule has 4 heteroatoms. The lowest BCUT2D eigenvalue weighted by Crippen LogP contribution is -2.04. The van der Waals surface area contributed by atoms with Crippen molar-refractivity contribution in [2.24, 2.45) is 0 Å². The molecule has 0 unspecified atom stereocenters. The van der Waals surface area contributed by atoms with Gasteiger partial charge < -0.3 is 8.98 Å². The number of aryl methyl sites for hydroxylation is 1. The Morgan fingerprint density at radius 2 is 2.05 bits per heavy atom. The van der Waals surface area contributed by atoms with Crippen molar-refractivity contribution in [3.05, 3.63) is 52.7 Å². The third kappa shape index (κ3) is 2.45. The fourth-order valence-corrected chi connectivity index (χ4v) is 2.65. The molecule has 0 atom stereocenters. The molecule has 0 radical (unpaired) electrons. The summed E-state index contributed by atoms with van der Waals surface area (Å²) < 4.78 is 8.61. The van der Waals surface area contributed by atoms with Crippen molar-refractivity contribution in [3.8, 4) is 0 Å². The summed E-state index contributed by atoms with van der Waals surface area (Å²) in [5.74, 6) is 2.06. The Labute approximate surface area is 120 Å². The third-order valence-corrected chi connectivity index (χ3v) is 3.58. The summed E-state index contributed by atoms with van der Waals surface area (Å²) in [7, 11) is 0. The third-order valence-electron chi connectivity index (χ3n) is 3.15. The van der Waals surface area contributed by atoms with E-state index in [4.69, 9.17) is 9.40 Å². The van der Waals surface area contributed by atoms with Crippen LogP contribution in [0.15, 0.2) is 45.5 Å². The molecule has 0 amide bonds. The molecule has 0 saturated carbocycles. The summed E-state index contributed by atoms with van der Waals surface area (Å²) in [4.78, 5) is 4.71. The lowest BCUT2D eigenvalue weighted by Gasteiger charge is -2.06. The standard InChI is InChI=1S/C15H15BrN2O/c1-2-5-15-17-12-6-3-4-7-13(12)18(15)10-11-8-9-14(16)19-11/h3-4,6-9H,2,5,10H2,1H3. The summed E-state index contributed by atoms with van der Waals surface area (Å²) in [6, 6.07) is 12.2. The molecule has 0 spiro atoms. The summed E-state index contributed by atoms with van der Waals surface area (Å²) >= 11 is 3.34. The van der Waals surface area contributed by atoms with Gasteiger partial charge in [0, 0.05) is 6.42 Å². The monoisotopic (exact) mass is 318 g/mol. The van der Waals surface area contributed by atoms with Crippen LogP contribution < -0.4 is 0 Å². The van der Waals surface area contributed by atoms with E-state index >= 15 is 0 Å². The van der Waals surface area contributed by atoms with Crippen molar-refractivity contribution >= 4 is 27.0 Å². The zero-order valence-corrected chi connectivity index (χ0v) is 12.4. The second kappa shape index (κ2) is 5.21. The molecule has 1 aromatic carbocycles. The maximum atomic E-state index is 5.61. The Hall–Kier alpha value is -1.55. The van der Waals surface area contributed by atoms with Gasteiger partial charge in [-0.2, -0.15) is 0 Å². The van der Waals surface area contributed by atoms with Crippen molar-refractivity contribution < 1.29 is 4.42 Å². The molecule has 2 heterocycles. The quantitative estimate of drug-likeness (QED) is 0.714. The smallest absolute Gasteiger partial charge is 0.169 e. The van der Waals surface area contributed by atoms with Gasteiger partial charge in [-0.1, -0.05) is 19.1 Å². The van der Waals surface area contributed by atoms with Gasteiger partial charge in [-0.3, -0.25) is 0 Å². The number of hydrogen-bond acceptors (Lipinski definition) is 2. The first kappa shape index (κ1) is 12.5. The lowest BCUT2D eigenvalue weighted by molar-refractivity contribution is 0.472. The zero-order chi connectivity index (χ0) is 13.2. The first-order valence-corrected chi connectivity index (χ1v) is 7.25. The molecule has 0 aliphatic carbocycles. The molecule has 0 bridgehead atoms. The second-order valence-corrected chi connectivity index (χ2v) is 5.34. The number of nitrogens with zero attached hydrogens (tertiary/aromatic N) is 2. The van der Waals surface area contributed by atoms with Crippen LogP contribution in [0.25, 0.3) is 11.0 Å². The van der Waals surface area contributed by atoms with Crippen molar-refractivity contribution in [2.75, 3.05) is 0 Å². The Morgan fingerprint density at radius 3 is 2.79 bits per heavy atom. The Bertz CT molecular complexity index is 699. The number of imidazole rings is 1. The number of furan rings is 1. The largest absolute Gasteiger partial charge is 0.452 e. The number of aromatic nitrogens is 2. The van der Waals surface area contributed by atoms with Crippen molar-refractivity contribution in [1.29, 1.82) is 0 Å². The minimum absolute atomic E-state index is 0.724. The van der Waals surface area contributed by atoms with Crippen LogP contribution in [0.5, 0.6) is 0 Å². The molecule has 2 aromatic heterocycles. The molecule has 3 aromatic rings. The molecule has 0 N–H and O–H groups in total. The van der Waals surface area contributed by atoms with Gasteiger partial charge in [0.1, 0.15) is 11.6 Å². The molecule has 0 aliphatic heterocycles. The van der Waals surface area contributed by atoms with Crippen molar-refractivity contribution in [1.82, 2.24) is 9.55 Å². The molecule has 0 aliphatic rings. The molecular formula is C15H15BrN2O. The summed E-state index contributed by atoms with van der Waals surface area (Å²) in [5.41, 5.74) is 2.22. The summed E-state index contributed by atoms with van der Waals surface area (Å²) in [6.45, 7) is 2.90. The Balaban J connectivity index is 2.06. The second-order valence-electron chi connectivity index (χ2n) is 4.56. The van der Waals surface area contributed by atoms with Gasteiger partial charge in [-0.15, -0.1) is 0 Å². The molecular weight excluding hydrogens is 304 g/mol. The lowest BCUT2D eigenvalue weighted by atomic mass is 10.3. The minimum atomic E-state index is 0.724.